The van der Waals surface area contributed by atoms with Crippen molar-refractivity contribution in [1.29, 1.82) is 0 Å². The van der Waals surface area contributed by atoms with Crippen LogP contribution in [0.3, 0.4) is 0 Å². The molecule has 154 valence electrons. The van der Waals surface area contributed by atoms with Gasteiger partial charge in [-0.1, -0.05) is 50.8 Å². The van der Waals surface area contributed by atoms with Crippen molar-refractivity contribution in [3.05, 3.63) is 30.3 Å². The van der Waals surface area contributed by atoms with Crippen molar-refractivity contribution in [3.8, 4) is 0 Å². The summed E-state index contributed by atoms with van der Waals surface area (Å²) in [6.45, 7) is 2.15. The molecule has 0 unspecified atom stereocenters. The number of primary amides is 1. The molecular weight excluding hydrogens is 370 g/mol. The van der Waals surface area contributed by atoms with Gasteiger partial charge in [0, 0.05) is 6.42 Å². The van der Waals surface area contributed by atoms with Crippen molar-refractivity contribution in [2.24, 2.45) is 5.73 Å². The normalized spacial score (nSPS) is 9.46. The molecule has 10 nitrogen and oxygen atoms in total. The van der Waals surface area contributed by atoms with Crippen LogP contribution in [0.5, 0.6) is 0 Å². The number of carboxylic acids is 1. The van der Waals surface area contributed by atoms with E-state index in [2.05, 4.69) is 6.92 Å². The molecule has 5 amide bonds. The molecule has 0 aliphatic rings. The molecule has 0 atom stereocenters. The number of benzene rings is 1. The monoisotopic (exact) mass is 395 g/mol. The van der Waals surface area contributed by atoms with Crippen LogP contribution in [0.25, 0.3) is 0 Å². The maximum Gasteiger partial charge on any atom is 0.412 e. The predicted octanol–water partition coefficient (Wildman–Crippen LogP) is 2.32. The molecule has 0 spiro atoms. The third kappa shape index (κ3) is 10.5. The van der Waals surface area contributed by atoms with Gasteiger partial charge in [0.2, 0.25) is 0 Å². The Labute approximate surface area is 162 Å². The van der Waals surface area contributed by atoms with Crippen LogP contribution >= 0.6 is 0 Å². The van der Waals surface area contributed by atoms with Gasteiger partial charge in [-0.05, 0) is 18.6 Å². The lowest BCUT2D eigenvalue weighted by Crippen LogP contribution is -2.50. The molecule has 0 aromatic heterocycles. The number of hydrogen-bond donors (Lipinski definition) is 4. The first-order valence-corrected chi connectivity index (χ1v) is 8.65. The van der Waals surface area contributed by atoms with Gasteiger partial charge in [-0.2, -0.15) is 0 Å². The van der Waals surface area contributed by atoms with Gasteiger partial charge in [-0.25, -0.2) is 19.8 Å². The number of anilines is 1. The van der Waals surface area contributed by atoms with Crippen LogP contribution in [0.2, 0.25) is 0 Å². The summed E-state index contributed by atoms with van der Waals surface area (Å²) in [5.41, 5.74) is 4.81. The minimum atomic E-state index is -1.65. The number of para-hydroxylation sites is 1. The second-order valence-corrected chi connectivity index (χ2v) is 5.63. The first kappa shape index (κ1) is 24.6. The Morgan fingerprint density at radius 1 is 0.964 bits per heavy atom. The minimum Gasteiger partial charge on any atom is -0.481 e. The van der Waals surface area contributed by atoms with Crippen molar-refractivity contribution in [1.82, 2.24) is 5.32 Å². The van der Waals surface area contributed by atoms with E-state index >= 15 is 0 Å². The Morgan fingerprint density at radius 2 is 1.54 bits per heavy atom. The number of nitrogens with zero attached hydrogens (tertiary/aromatic N) is 1. The van der Waals surface area contributed by atoms with Gasteiger partial charge < -0.3 is 15.9 Å². The second-order valence-electron chi connectivity index (χ2n) is 5.63. The molecule has 0 bridgehead atoms. The highest BCUT2D eigenvalue weighted by atomic mass is 16.4. The fourth-order valence-corrected chi connectivity index (χ4v) is 2.04. The maximum absolute atomic E-state index is 11.5. The second kappa shape index (κ2) is 13.7. The average Bonchev–Trinajstić information content (AvgIpc) is 2.62. The van der Waals surface area contributed by atoms with Crippen molar-refractivity contribution in [3.63, 3.8) is 0 Å². The number of rotatable bonds is 7. The van der Waals surface area contributed by atoms with E-state index in [4.69, 9.17) is 15.9 Å². The zero-order chi connectivity index (χ0) is 21.5. The van der Waals surface area contributed by atoms with Crippen molar-refractivity contribution < 1.29 is 34.2 Å². The fourth-order valence-electron chi connectivity index (χ4n) is 2.04. The molecule has 0 aliphatic heterocycles. The molecular formula is C18H25N3O7. The van der Waals surface area contributed by atoms with Gasteiger partial charge in [0.1, 0.15) is 0 Å². The number of carbonyl (C=O) groups is 5. The van der Waals surface area contributed by atoms with Gasteiger partial charge >= 0.3 is 29.9 Å². The maximum atomic E-state index is 11.5. The molecule has 1 aromatic rings. The number of carbonyl (C=O) groups excluding carboxylic acids is 3. The third-order valence-corrected chi connectivity index (χ3v) is 3.34. The molecule has 0 saturated carbocycles. The van der Waals surface area contributed by atoms with Crippen LogP contribution in [0.1, 0.15) is 45.4 Å². The summed E-state index contributed by atoms with van der Waals surface area (Å²) in [5.74, 6) is -3.38. The van der Waals surface area contributed by atoms with Gasteiger partial charge in [0.05, 0.1) is 5.69 Å². The number of hydrogen-bond acceptors (Lipinski definition) is 5. The Morgan fingerprint density at radius 3 is 2.00 bits per heavy atom. The molecule has 0 heterocycles. The van der Waals surface area contributed by atoms with E-state index in [0.29, 0.717) is 11.3 Å². The van der Waals surface area contributed by atoms with E-state index in [-0.39, 0.29) is 5.69 Å². The quantitative estimate of drug-likeness (QED) is 0.406. The number of carboxylic acid groups (broad SMARTS) is 2. The SMILES string of the molecule is CCCCCCCC(=O)O.NC(=O)C(=O)N(C(=O)NC(=O)O)c1ccccc1. The number of aliphatic carboxylic acids is 1. The van der Waals surface area contributed by atoms with Crippen LogP contribution in [-0.4, -0.2) is 40.1 Å². The summed E-state index contributed by atoms with van der Waals surface area (Å²) in [6, 6.07) is 6.04. The van der Waals surface area contributed by atoms with Gasteiger partial charge in [0.15, 0.2) is 0 Å². The van der Waals surface area contributed by atoms with Crippen LogP contribution in [0.4, 0.5) is 15.3 Å². The third-order valence-electron chi connectivity index (χ3n) is 3.34. The molecule has 0 aliphatic carbocycles. The topological polar surface area (TPSA) is 167 Å². The summed E-state index contributed by atoms with van der Waals surface area (Å²) >= 11 is 0. The van der Waals surface area contributed by atoms with Crippen LogP contribution in [0, 0.1) is 0 Å². The minimum absolute atomic E-state index is 0.0278. The molecule has 10 heteroatoms. The predicted molar refractivity (Wildman–Crippen MR) is 101 cm³/mol. The highest BCUT2D eigenvalue weighted by Crippen LogP contribution is 2.13. The van der Waals surface area contributed by atoms with E-state index < -0.39 is 29.9 Å². The molecule has 1 rings (SSSR count). The molecule has 5 N–H and O–H groups in total. The standard InChI is InChI=1S/C10H9N3O5.C8H16O2/c11-7(14)8(15)13(9(16)12-10(17)18)6-4-2-1-3-5-6;1-2-3-4-5-6-7-8(9)10/h1-5H,(H2,11,14)(H,12,16)(H,17,18);2-7H2,1H3,(H,9,10). The van der Waals surface area contributed by atoms with E-state index in [1.54, 1.807) is 6.07 Å². The summed E-state index contributed by atoms with van der Waals surface area (Å²) in [4.78, 5) is 54.5. The van der Waals surface area contributed by atoms with E-state index in [9.17, 15) is 24.0 Å². The summed E-state index contributed by atoms with van der Waals surface area (Å²) in [7, 11) is 0. The first-order chi connectivity index (χ1) is 13.2. The van der Waals surface area contributed by atoms with E-state index in [1.165, 1.54) is 48.8 Å². The number of imide groups is 2. The van der Waals surface area contributed by atoms with Gasteiger partial charge in [-0.15, -0.1) is 0 Å². The first-order valence-electron chi connectivity index (χ1n) is 8.65. The lowest BCUT2D eigenvalue weighted by atomic mass is 10.1. The zero-order valence-corrected chi connectivity index (χ0v) is 15.6. The summed E-state index contributed by atoms with van der Waals surface area (Å²) in [6.07, 6.45) is 4.23. The fraction of sp³-hybridized carbons (Fsp3) is 0.389. The largest absolute Gasteiger partial charge is 0.481 e. The molecule has 0 saturated heterocycles. The smallest absolute Gasteiger partial charge is 0.412 e. The number of urea groups is 1. The van der Waals surface area contributed by atoms with E-state index in [0.717, 1.165) is 12.8 Å². The molecule has 28 heavy (non-hydrogen) atoms. The van der Waals surface area contributed by atoms with Crippen LogP contribution < -0.4 is 16.0 Å². The summed E-state index contributed by atoms with van der Waals surface area (Å²) in [5, 5.41) is 18.1. The highest BCUT2D eigenvalue weighted by Gasteiger charge is 2.28. The highest BCUT2D eigenvalue weighted by molar-refractivity contribution is 6.45. The number of nitrogens with two attached hydrogens (primary N) is 1. The van der Waals surface area contributed by atoms with Gasteiger partial charge in [-0.3, -0.25) is 14.4 Å². The molecule has 0 fully saturated rings. The van der Waals surface area contributed by atoms with Crippen LogP contribution in [-0.2, 0) is 14.4 Å². The van der Waals surface area contributed by atoms with E-state index in [1.807, 2.05) is 0 Å². The Kier molecular flexibility index (Phi) is 12.0. The average molecular weight is 395 g/mol. The lowest BCUT2D eigenvalue weighted by Gasteiger charge is -2.18. The van der Waals surface area contributed by atoms with Crippen LogP contribution in [0.15, 0.2) is 30.3 Å². The Hall–Kier alpha value is -3.43. The Bertz CT molecular complexity index is 677. The zero-order valence-electron chi connectivity index (χ0n) is 15.6. The number of amides is 5. The number of nitrogens with one attached hydrogen (secondary N) is 1. The molecule has 0 radical (unpaired) electrons. The van der Waals surface area contributed by atoms with Gasteiger partial charge in [0.25, 0.3) is 0 Å². The van der Waals surface area contributed by atoms with Crippen molar-refractivity contribution in [2.75, 3.05) is 4.90 Å². The summed E-state index contributed by atoms with van der Waals surface area (Å²) < 4.78 is 0. The molecule has 1 aromatic carbocycles. The Balaban J connectivity index is 0.000000621. The van der Waals surface area contributed by atoms with Crippen molar-refractivity contribution in [2.45, 2.75) is 45.4 Å². The van der Waals surface area contributed by atoms with Crippen molar-refractivity contribution >= 4 is 35.6 Å². The number of unbranched alkanes of at least 4 members (excludes halogenated alkanes) is 4. The lowest BCUT2D eigenvalue weighted by molar-refractivity contribution is -0.137.